The van der Waals surface area contributed by atoms with Crippen LogP contribution in [0.3, 0.4) is 0 Å². The van der Waals surface area contributed by atoms with Crippen LogP contribution in [-0.2, 0) is 11.3 Å². The summed E-state index contributed by atoms with van der Waals surface area (Å²) in [5.41, 5.74) is 1.08. The zero-order chi connectivity index (χ0) is 18.5. The molecule has 1 aliphatic rings. The van der Waals surface area contributed by atoms with E-state index in [-0.39, 0.29) is 37.5 Å². The summed E-state index contributed by atoms with van der Waals surface area (Å²) in [7, 11) is 0. The van der Waals surface area contributed by atoms with Crippen LogP contribution in [0, 0.1) is 5.82 Å². The van der Waals surface area contributed by atoms with E-state index in [1.807, 2.05) is 6.92 Å². The van der Waals surface area contributed by atoms with E-state index in [9.17, 15) is 14.0 Å². The largest absolute Gasteiger partial charge is 0.454 e. The minimum atomic E-state index is -0.376. The average Bonchev–Trinajstić information content (AvgIpc) is 3.11. The smallest absolute Gasteiger partial charge is 0.251 e. The van der Waals surface area contributed by atoms with Crippen molar-refractivity contribution in [2.45, 2.75) is 13.5 Å². The number of benzene rings is 2. The third-order valence-electron chi connectivity index (χ3n) is 4.03. The lowest BCUT2D eigenvalue weighted by molar-refractivity contribution is -0.130. The molecule has 3 rings (SSSR count). The summed E-state index contributed by atoms with van der Waals surface area (Å²) >= 11 is 0. The molecule has 136 valence electrons. The van der Waals surface area contributed by atoms with Gasteiger partial charge in [0, 0.05) is 18.7 Å². The van der Waals surface area contributed by atoms with E-state index >= 15 is 0 Å². The first-order valence-corrected chi connectivity index (χ1v) is 8.27. The molecule has 1 aliphatic heterocycles. The van der Waals surface area contributed by atoms with E-state index in [0.717, 1.165) is 0 Å². The van der Waals surface area contributed by atoms with Crippen molar-refractivity contribution in [3.8, 4) is 11.5 Å². The molecule has 1 heterocycles. The minimum Gasteiger partial charge on any atom is -0.454 e. The van der Waals surface area contributed by atoms with Gasteiger partial charge in [0.25, 0.3) is 5.91 Å². The maximum atomic E-state index is 13.3. The Morgan fingerprint density at radius 2 is 1.96 bits per heavy atom. The Kier molecular flexibility index (Phi) is 5.36. The predicted octanol–water partition coefficient (Wildman–Crippen LogP) is 2.33. The first kappa shape index (κ1) is 17.7. The summed E-state index contributed by atoms with van der Waals surface area (Å²) in [6, 6.07) is 10.9. The van der Waals surface area contributed by atoms with Crippen molar-refractivity contribution in [1.29, 1.82) is 0 Å². The van der Waals surface area contributed by atoms with Gasteiger partial charge in [-0.25, -0.2) is 4.39 Å². The number of hydrogen-bond donors (Lipinski definition) is 1. The van der Waals surface area contributed by atoms with Crippen molar-refractivity contribution in [3.05, 3.63) is 59.4 Å². The molecule has 0 radical (unpaired) electrons. The van der Waals surface area contributed by atoms with Gasteiger partial charge in [0.15, 0.2) is 11.5 Å². The van der Waals surface area contributed by atoms with Crippen molar-refractivity contribution in [1.82, 2.24) is 10.2 Å². The Hall–Kier alpha value is -3.09. The number of carbonyl (C=O) groups is 2. The summed E-state index contributed by atoms with van der Waals surface area (Å²) in [5, 5.41) is 2.60. The van der Waals surface area contributed by atoms with Crippen molar-refractivity contribution < 1.29 is 23.5 Å². The van der Waals surface area contributed by atoms with Crippen LogP contribution in [0.2, 0.25) is 0 Å². The molecule has 0 fully saturated rings. The number of carbonyl (C=O) groups excluding carboxylic acids is 2. The van der Waals surface area contributed by atoms with Gasteiger partial charge < -0.3 is 19.7 Å². The van der Waals surface area contributed by atoms with Crippen LogP contribution in [0.15, 0.2) is 42.5 Å². The number of ether oxygens (including phenoxy) is 2. The number of halogens is 1. The van der Waals surface area contributed by atoms with E-state index < -0.39 is 0 Å². The van der Waals surface area contributed by atoms with Crippen molar-refractivity contribution in [3.63, 3.8) is 0 Å². The molecule has 2 aromatic carbocycles. The molecular weight excluding hydrogens is 339 g/mol. The second kappa shape index (κ2) is 7.86. The molecule has 0 atom stereocenters. The molecule has 1 N–H and O–H groups in total. The second-order valence-electron chi connectivity index (χ2n) is 5.79. The number of amides is 2. The molecule has 0 aliphatic carbocycles. The van der Waals surface area contributed by atoms with Crippen molar-refractivity contribution in [2.75, 3.05) is 19.9 Å². The molecule has 26 heavy (non-hydrogen) atoms. The van der Waals surface area contributed by atoms with E-state index in [0.29, 0.717) is 29.2 Å². The fraction of sp³-hybridized carbons (Fsp3) is 0.263. The maximum Gasteiger partial charge on any atom is 0.251 e. The summed E-state index contributed by atoms with van der Waals surface area (Å²) in [6.45, 7) is 2.56. The van der Waals surface area contributed by atoms with Crippen molar-refractivity contribution in [2.24, 2.45) is 0 Å². The minimum absolute atomic E-state index is 0.129. The molecule has 0 bridgehead atoms. The third-order valence-corrected chi connectivity index (χ3v) is 4.03. The zero-order valence-corrected chi connectivity index (χ0v) is 14.3. The van der Waals surface area contributed by atoms with Crippen LogP contribution < -0.4 is 14.8 Å². The van der Waals surface area contributed by atoms with Gasteiger partial charge in [-0.05, 0) is 42.8 Å². The summed E-state index contributed by atoms with van der Waals surface area (Å²) < 4.78 is 23.7. The van der Waals surface area contributed by atoms with Crippen LogP contribution in [0.25, 0.3) is 0 Å². The molecule has 0 spiro atoms. The standard InChI is InChI=1S/C19H19FN2O4/c1-2-22(11-13-4-3-5-15(20)8-13)18(23)10-21-19(24)14-6-7-16-17(9-14)26-12-25-16/h3-9H,2,10-12H2,1H3,(H,21,24). The molecule has 2 aromatic rings. The monoisotopic (exact) mass is 358 g/mol. The van der Waals surface area contributed by atoms with Gasteiger partial charge in [-0.1, -0.05) is 12.1 Å². The van der Waals surface area contributed by atoms with Crippen LogP contribution in [0.5, 0.6) is 11.5 Å². The molecule has 0 aromatic heterocycles. The lowest BCUT2D eigenvalue weighted by Crippen LogP contribution is -2.39. The van der Waals surface area contributed by atoms with Crippen LogP contribution in [-0.4, -0.2) is 36.6 Å². The van der Waals surface area contributed by atoms with E-state index in [4.69, 9.17) is 9.47 Å². The SMILES string of the molecule is CCN(Cc1cccc(F)c1)C(=O)CNC(=O)c1ccc2c(c1)OCO2. The Labute approximate surface area is 150 Å². The zero-order valence-electron chi connectivity index (χ0n) is 14.3. The van der Waals surface area contributed by atoms with Gasteiger partial charge in [-0.2, -0.15) is 0 Å². The van der Waals surface area contributed by atoms with Crippen molar-refractivity contribution >= 4 is 11.8 Å². The van der Waals surface area contributed by atoms with Crippen LogP contribution in [0.4, 0.5) is 4.39 Å². The Bertz CT molecular complexity index is 825. The number of hydrogen-bond acceptors (Lipinski definition) is 4. The van der Waals surface area contributed by atoms with Gasteiger partial charge in [0.1, 0.15) is 5.82 Å². The highest BCUT2D eigenvalue weighted by molar-refractivity contribution is 5.97. The number of rotatable bonds is 6. The van der Waals surface area contributed by atoms with E-state index in [1.165, 1.54) is 12.1 Å². The number of nitrogens with one attached hydrogen (secondary N) is 1. The molecule has 7 heteroatoms. The van der Waals surface area contributed by atoms with Gasteiger partial charge in [0.05, 0.1) is 6.54 Å². The van der Waals surface area contributed by atoms with Gasteiger partial charge in [-0.15, -0.1) is 0 Å². The summed E-state index contributed by atoms with van der Waals surface area (Å²) in [6.07, 6.45) is 0. The lowest BCUT2D eigenvalue weighted by atomic mass is 10.2. The number of fused-ring (bicyclic) bond motifs is 1. The highest BCUT2D eigenvalue weighted by atomic mass is 19.1. The average molecular weight is 358 g/mol. The fourth-order valence-electron chi connectivity index (χ4n) is 2.64. The summed E-state index contributed by atoms with van der Waals surface area (Å²) in [4.78, 5) is 26.1. The molecule has 6 nitrogen and oxygen atoms in total. The van der Waals surface area contributed by atoms with Crippen LogP contribution >= 0.6 is 0 Å². The Morgan fingerprint density at radius 3 is 2.73 bits per heavy atom. The second-order valence-corrected chi connectivity index (χ2v) is 5.79. The quantitative estimate of drug-likeness (QED) is 0.861. The summed E-state index contributed by atoms with van der Waals surface area (Å²) in [5.74, 6) is 0.126. The van der Waals surface area contributed by atoms with E-state index in [2.05, 4.69) is 5.32 Å². The topological polar surface area (TPSA) is 67.9 Å². The van der Waals surface area contributed by atoms with Gasteiger partial charge in [-0.3, -0.25) is 9.59 Å². The predicted molar refractivity (Wildman–Crippen MR) is 92.4 cm³/mol. The van der Waals surface area contributed by atoms with E-state index in [1.54, 1.807) is 35.2 Å². The highest BCUT2D eigenvalue weighted by Gasteiger charge is 2.18. The molecule has 0 unspecified atom stereocenters. The lowest BCUT2D eigenvalue weighted by Gasteiger charge is -2.21. The Morgan fingerprint density at radius 1 is 1.15 bits per heavy atom. The number of nitrogens with zero attached hydrogens (tertiary/aromatic N) is 1. The molecule has 0 saturated carbocycles. The molecular formula is C19H19FN2O4. The molecule has 0 saturated heterocycles. The maximum absolute atomic E-state index is 13.3. The van der Waals surface area contributed by atoms with Gasteiger partial charge >= 0.3 is 0 Å². The van der Waals surface area contributed by atoms with Gasteiger partial charge in [0.2, 0.25) is 12.7 Å². The third kappa shape index (κ3) is 4.11. The first-order valence-electron chi connectivity index (χ1n) is 8.27. The Balaban J connectivity index is 1.57. The fourth-order valence-corrected chi connectivity index (χ4v) is 2.64. The molecule has 2 amide bonds. The normalized spacial score (nSPS) is 11.9. The highest BCUT2D eigenvalue weighted by Crippen LogP contribution is 2.32. The first-order chi connectivity index (χ1) is 12.6. The number of likely N-dealkylation sites (N-methyl/N-ethyl adjacent to an activating group) is 1. The van der Waals surface area contributed by atoms with Crippen LogP contribution in [0.1, 0.15) is 22.8 Å².